The van der Waals surface area contributed by atoms with Gasteiger partial charge in [0.1, 0.15) is 5.75 Å². The molecule has 2 aromatic carbocycles. The first-order chi connectivity index (χ1) is 9.79. The lowest BCUT2D eigenvalue weighted by atomic mass is 10.0. The van der Waals surface area contributed by atoms with Crippen LogP contribution in [0.4, 0.5) is 0 Å². The third-order valence-corrected chi connectivity index (χ3v) is 3.49. The average molecular weight is 333 g/mol. The van der Waals surface area contributed by atoms with Gasteiger partial charge in [-0.15, -0.1) is 0 Å². The molecule has 20 heavy (non-hydrogen) atoms. The van der Waals surface area contributed by atoms with Crippen LogP contribution in [-0.2, 0) is 6.42 Å². The van der Waals surface area contributed by atoms with E-state index in [0.717, 1.165) is 28.6 Å². The van der Waals surface area contributed by atoms with E-state index < -0.39 is 0 Å². The molecule has 3 heteroatoms. The molecule has 0 amide bonds. The van der Waals surface area contributed by atoms with Gasteiger partial charge >= 0.3 is 0 Å². The van der Waals surface area contributed by atoms with Crippen molar-refractivity contribution in [2.75, 3.05) is 11.9 Å². The first-order valence-corrected chi connectivity index (χ1v) is 7.77. The Morgan fingerprint density at radius 3 is 2.35 bits per heavy atom. The molecule has 0 aliphatic heterocycles. The van der Waals surface area contributed by atoms with Crippen molar-refractivity contribution >= 4 is 21.7 Å². The zero-order chi connectivity index (χ0) is 14.2. The quantitative estimate of drug-likeness (QED) is 0.430. The topological polar surface area (TPSA) is 26.3 Å². The second-order valence-corrected chi connectivity index (χ2v) is 5.29. The van der Waals surface area contributed by atoms with Gasteiger partial charge in [-0.25, -0.2) is 0 Å². The van der Waals surface area contributed by atoms with E-state index in [9.17, 15) is 4.79 Å². The molecular weight excluding hydrogens is 316 g/mol. The number of alkyl halides is 1. The summed E-state index contributed by atoms with van der Waals surface area (Å²) < 4.78 is 5.56. The summed E-state index contributed by atoms with van der Waals surface area (Å²) in [5.74, 6) is 0.936. The second-order valence-electron chi connectivity index (χ2n) is 4.50. The molecule has 0 unspecified atom stereocenters. The van der Waals surface area contributed by atoms with Gasteiger partial charge in [0.05, 0.1) is 6.61 Å². The van der Waals surface area contributed by atoms with Crippen molar-refractivity contribution in [3.8, 4) is 5.75 Å². The van der Waals surface area contributed by atoms with Gasteiger partial charge in [0.15, 0.2) is 5.78 Å². The summed E-state index contributed by atoms with van der Waals surface area (Å²) in [5, 5.41) is 0.931. The maximum absolute atomic E-state index is 12.1. The Morgan fingerprint density at radius 1 is 1.00 bits per heavy atom. The van der Waals surface area contributed by atoms with Crippen LogP contribution in [0.3, 0.4) is 0 Å². The van der Waals surface area contributed by atoms with Crippen LogP contribution in [0.1, 0.15) is 22.3 Å². The molecule has 0 atom stereocenters. The summed E-state index contributed by atoms with van der Waals surface area (Å²) in [6, 6.07) is 17.1. The molecule has 2 nitrogen and oxygen atoms in total. The Kier molecular flexibility index (Phi) is 5.81. The summed E-state index contributed by atoms with van der Waals surface area (Å²) >= 11 is 3.36. The van der Waals surface area contributed by atoms with Crippen molar-refractivity contribution in [1.29, 1.82) is 0 Å². The largest absolute Gasteiger partial charge is 0.494 e. The number of halogens is 1. The van der Waals surface area contributed by atoms with Gasteiger partial charge in [-0.2, -0.15) is 0 Å². The lowest BCUT2D eigenvalue weighted by molar-refractivity contribution is 0.0993. The Hall–Kier alpha value is -1.61. The third kappa shape index (κ3) is 4.49. The van der Waals surface area contributed by atoms with Crippen LogP contribution < -0.4 is 4.74 Å². The monoisotopic (exact) mass is 332 g/mol. The molecule has 104 valence electrons. The number of benzene rings is 2. The van der Waals surface area contributed by atoms with Gasteiger partial charge in [-0.3, -0.25) is 4.79 Å². The average Bonchev–Trinajstić information content (AvgIpc) is 2.49. The van der Waals surface area contributed by atoms with E-state index in [1.807, 2.05) is 54.6 Å². The Morgan fingerprint density at radius 2 is 1.70 bits per heavy atom. The fourth-order valence-corrected chi connectivity index (χ4v) is 2.09. The number of Topliss-reactive ketones (excluding diaryl/α,β-unsaturated/α-hetero) is 1. The van der Waals surface area contributed by atoms with Crippen molar-refractivity contribution < 1.29 is 9.53 Å². The zero-order valence-electron chi connectivity index (χ0n) is 11.2. The summed E-state index contributed by atoms with van der Waals surface area (Å²) in [6.07, 6.45) is 1.40. The molecule has 0 aromatic heterocycles. The maximum Gasteiger partial charge on any atom is 0.167 e. The lowest BCUT2D eigenvalue weighted by Crippen LogP contribution is -2.03. The molecule has 0 saturated carbocycles. The van der Waals surface area contributed by atoms with E-state index in [4.69, 9.17) is 4.74 Å². The molecule has 0 radical (unpaired) electrons. The highest BCUT2D eigenvalue weighted by Crippen LogP contribution is 2.14. The molecule has 0 heterocycles. The van der Waals surface area contributed by atoms with Crippen LogP contribution in [0.15, 0.2) is 54.6 Å². The van der Waals surface area contributed by atoms with E-state index in [-0.39, 0.29) is 5.78 Å². The SMILES string of the molecule is O=C(Cc1ccccc1)c1ccc(OCCCBr)cc1. The minimum absolute atomic E-state index is 0.128. The molecule has 0 aliphatic carbocycles. The van der Waals surface area contributed by atoms with Crippen LogP contribution in [0.2, 0.25) is 0 Å². The molecule has 0 fully saturated rings. The van der Waals surface area contributed by atoms with Crippen molar-refractivity contribution in [2.45, 2.75) is 12.8 Å². The van der Waals surface area contributed by atoms with Crippen LogP contribution in [-0.4, -0.2) is 17.7 Å². The normalized spacial score (nSPS) is 10.2. The van der Waals surface area contributed by atoms with Gasteiger partial charge in [0.25, 0.3) is 0 Å². The minimum atomic E-state index is 0.128. The zero-order valence-corrected chi connectivity index (χ0v) is 12.8. The van der Waals surface area contributed by atoms with Crippen LogP contribution >= 0.6 is 15.9 Å². The highest BCUT2D eigenvalue weighted by Gasteiger charge is 2.07. The number of hydrogen-bond acceptors (Lipinski definition) is 2. The molecule has 0 N–H and O–H groups in total. The fourth-order valence-electron chi connectivity index (χ4n) is 1.86. The highest BCUT2D eigenvalue weighted by molar-refractivity contribution is 9.09. The number of ketones is 1. The predicted molar refractivity (Wildman–Crippen MR) is 84.8 cm³/mol. The van der Waals surface area contributed by atoms with Gasteiger partial charge < -0.3 is 4.74 Å². The Balaban J connectivity index is 1.94. The van der Waals surface area contributed by atoms with Crippen molar-refractivity contribution in [3.63, 3.8) is 0 Å². The molecule has 0 aliphatic rings. The molecule has 2 rings (SSSR count). The minimum Gasteiger partial charge on any atom is -0.494 e. The summed E-state index contributed by atoms with van der Waals surface area (Å²) in [6.45, 7) is 0.683. The number of ether oxygens (including phenoxy) is 1. The number of hydrogen-bond donors (Lipinski definition) is 0. The summed E-state index contributed by atoms with van der Waals surface area (Å²) in [4.78, 5) is 12.1. The number of rotatable bonds is 7. The Bertz CT molecular complexity index is 535. The summed E-state index contributed by atoms with van der Waals surface area (Å²) in [5.41, 5.74) is 1.76. The maximum atomic E-state index is 12.1. The Labute approximate surface area is 127 Å². The van der Waals surface area contributed by atoms with Crippen LogP contribution in [0.5, 0.6) is 5.75 Å². The van der Waals surface area contributed by atoms with Gasteiger partial charge in [-0.05, 0) is 36.2 Å². The van der Waals surface area contributed by atoms with Gasteiger partial charge in [-0.1, -0.05) is 46.3 Å². The van der Waals surface area contributed by atoms with Crippen molar-refractivity contribution in [2.24, 2.45) is 0 Å². The molecule has 0 spiro atoms. The van der Waals surface area contributed by atoms with Crippen molar-refractivity contribution in [1.82, 2.24) is 0 Å². The van der Waals surface area contributed by atoms with E-state index in [2.05, 4.69) is 15.9 Å². The first-order valence-electron chi connectivity index (χ1n) is 6.65. The van der Waals surface area contributed by atoms with E-state index in [1.54, 1.807) is 0 Å². The number of carbonyl (C=O) groups excluding carboxylic acids is 1. The fraction of sp³-hybridized carbons (Fsp3) is 0.235. The predicted octanol–water partition coefficient (Wildman–Crippen LogP) is 4.28. The first kappa shape index (κ1) is 14.8. The molecule has 0 bridgehead atoms. The lowest BCUT2D eigenvalue weighted by Gasteiger charge is -2.06. The highest BCUT2D eigenvalue weighted by atomic mass is 79.9. The standard InChI is InChI=1S/C17H17BrO2/c18-11-4-12-20-16-9-7-15(8-10-16)17(19)13-14-5-2-1-3-6-14/h1-3,5-10H,4,11-13H2. The van der Waals surface area contributed by atoms with Gasteiger partial charge in [0.2, 0.25) is 0 Å². The molecule has 0 saturated heterocycles. The van der Waals surface area contributed by atoms with E-state index >= 15 is 0 Å². The third-order valence-electron chi connectivity index (χ3n) is 2.93. The summed E-state index contributed by atoms with van der Waals surface area (Å²) in [7, 11) is 0. The molecule has 2 aromatic rings. The van der Waals surface area contributed by atoms with E-state index in [0.29, 0.717) is 13.0 Å². The van der Waals surface area contributed by atoms with Crippen LogP contribution in [0, 0.1) is 0 Å². The van der Waals surface area contributed by atoms with Crippen molar-refractivity contribution in [3.05, 3.63) is 65.7 Å². The smallest absolute Gasteiger partial charge is 0.167 e. The van der Waals surface area contributed by atoms with E-state index in [1.165, 1.54) is 0 Å². The second kappa shape index (κ2) is 7.85. The molecular formula is C17H17BrO2. The van der Waals surface area contributed by atoms with Crippen LogP contribution in [0.25, 0.3) is 0 Å². The number of carbonyl (C=O) groups is 1. The van der Waals surface area contributed by atoms with Gasteiger partial charge in [0, 0.05) is 17.3 Å².